The lowest BCUT2D eigenvalue weighted by Crippen LogP contribution is -2.40. The quantitative estimate of drug-likeness (QED) is 0.747. The van der Waals surface area contributed by atoms with Crippen LogP contribution in [0.2, 0.25) is 0 Å². The molecule has 27 heavy (non-hydrogen) atoms. The number of ether oxygens (including phenoxy) is 1. The summed E-state index contributed by atoms with van der Waals surface area (Å²) in [5.74, 6) is -0.940. The van der Waals surface area contributed by atoms with Gasteiger partial charge in [-0.15, -0.1) is 0 Å². The predicted octanol–water partition coefficient (Wildman–Crippen LogP) is 2.50. The number of carbonyl (C=O) groups excluding carboxylic acids is 1. The van der Waals surface area contributed by atoms with Crippen molar-refractivity contribution in [3.63, 3.8) is 0 Å². The van der Waals surface area contributed by atoms with Gasteiger partial charge in [0.15, 0.2) is 0 Å². The summed E-state index contributed by atoms with van der Waals surface area (Å²) >= 11 is 0. The van der Waals surface area contributed by atoms with Gasteiger partial charge in [0, 0.05) is 5.56 Å². The number of imidazole rings is 1. The minimum Gasteiger partial charge on any atom is -0.497 e. The molecule has 0 bridgehead atoms. The fourth-order valence-electron chi connectivity index (χ4n) is 3.45. The SMILES string of the molecule is COc1ccc([C@@H]2c3c(-c4ccccc4)nc(N)n3NC(=O)[C@H]2C#N)cc1. The molecule has 0 saturated heterocycles. The second-order valence-electron chi connectivity index (χ2n) is 6.24. The second-order valence-corrected chi connectivity index (χ2v) is 6.24. The molecule has 4 rings (SSSR count). The number of methoxy groups -OCH3 is 1. The summed E-state index contributed by atoms with van der Waals surface area (Å²) in [4.78, 5) is 17.0. The first kappa shape index (κ1) is 16.7. The van der Waals surface area contributed by atoms with Gasteiger partial charge in [0.2, 0.25) is 5.95 Å². The van der Waals surface area contributed by atoms with E-state index in [1.807, 2.05) is 54.6 Å². The van der Waals surface area contributed by atoms with Crippen LogP contribution in [0.5, 0.6) is 5.75 Å². The number of fused-ring (bicyclic) bond motifs is 1. The zero-order valence-corrected chi connectivity index (χ0v) is 14.6. The van der Waals surface area contributed by atoms with Crippen LogP contribution in [0.25, 0.3) is 11.3 Å². The Morgan fingerprint density at radius 3 is 2.52 bits per heavy atom. The third-order valence-electron chi connectivity index (χ3n) is 4.73. The van der Waals surface area contributed by atoms with Crippen molar-refractivity contribution >= 4 is 11.9 Å². The maximum atomic E-state index is 12.5. The van der Waals surface area contributed by atoms with Crippen molar-refractivity contribution in [2.75, 3.05) is 18.3 Å². The number of benzene rings is 2. The lowest BCUT2D eigenvalue weighted by molar-refractivity contribution is -0.120. The molecule has 0 unspecified atom stereocenters. The molecular formula is C20H17N5O2. The van der Waals surface area contributed by atoms with Crippen LogP contribution in [0.3, 0.4) is 0 Å². The number of amides is 1. The monoisotopic (exact) mass is 359 g/mol. The molecule has 0 aliphatic carbocycles. The highest BCUT2D eigenvalue weighted by atomic mass is 16.5. The van der Waals surface area contributed by atoms with Gasteiger partial charge in [-0.1, -0.05) is 42.5 Å². The molecule has 1 aromatic heterocycles. The number of anilines is 1. The van der Waals surface area contributed by atoms with Crippen molar-refractivity contribution in [3.05, 3.63) is 65.9 Å². The molecule has 0 saturated carbocycles. The molecule has 1 aliphatic rings. The number of rotatable bonds is 3. The smallest absolute Gasteiger partial charge is 0.257 e. The summed E-state index contributed by atoms with van der Waals surface area (Å²) in [7, 11) is 1.59. The Bertz CT molecular complexity index is 1030. The van der Waals surface area contributed by atoms with Crippen molar-refractivity contribution < 1.29 is 9.53 Å². The summed E-state index contributed by atoms with van der Waals surface area (Å²) in [6, 6.07) is 19.0. The number of nitrogens with one attached hydrogen (secondary N) is 1. The van der Waals surface area contributed by atoms with Crippen LogP contribution in [-0.2, 0) is 4.79 Å². The fraction of sp³-hybridized carbons (Fsp3) is 0.150. The van der Waals surface area contributed by atoms with E-state index in [0.29, 0.717) is 17.1 Å². The highest BCUT2D eigenvalue weighted by Gasteiger charge is 2.41. The third kappa shape index (κ3) is 2.68. The first-order valence-corrected chi connectivity index (χ1v) is 8.42. The van der Waals surface area contributed by atoms with Crippen molar-refractivity contribution in [1.82, 2.24) is 9.66 Å². The van der Waals surface area contributed by atoms with Crippen LogP contribution in [-0.4, -0.2) is 22.7 Å². The summed E-state index contributed by atoms with van der Waals surface area (Å²) < 4.78 is 6.70. The van der Waals surface area contributed by atoms with Crippen LogP contribution in [0.1, 0.15) is 17.2 Å². The summed E-state index contributed by atoms with van der Waals surface area (Å²) in [5, 5.41) is 9.69. The standard InChI is InChI=1S/C20H17N5O2/c1-27-14-9-7-12(8-10-14)16-15(11-21)19(26)24-25-18(16)17(23-20(25)22)13-5-3-2-4-6-13/h2-10,15-16H,1H3,(H2,22,23)(H,24,26)/t15-,16-/m0/s1. The number of nitrogens with two attached hydrogens (primary N) is 1. The number of hydrogen-bond acceptors (Lipinski definition) is 5. The van der Waals surface area contributed by atoms with E-state index in [2.05, 4.69) is 16.5 Å². The van der Waals surface area contributed by atoms with Gasteiger partial charge in [-0.2, -0.15) is 5.26 Å². The Hall–Kier alpha value is -3.79. The minimum atomic E-state index is -0.899. The van der Waals surface area contributed by atoms with Crippen LogP contribution in [0.15, 0.2) is 54.6 Å². The average molecular weight is 359 g/mol. The molecule has 0 radical (unpaired) electrons. The number of hydrogen-bond donors (Lipinski definition) is 2. The van der Waals surface area contributed by atoms with E-state index in [1.54, 1.807) is 7.11 Å². The number of carbonyl (C=O) groups is 1. The van der Waals surface area contributed by atoms with E-state index >= 15 is 0 Å². The van der Waals surface area contributed by atoms with Gasteiger partial charge in [-0.25, -0.2) is 9.66 Å². The predicted molar refractivity (Wildman–Crippen MR) is 100 cm³/mol. The third-order valence-corrected chi connectivity index (χ3v) is 4.73. The average Bonchev–Trinajstić information content (AvgIpc) is 3.04. The van der Waals surface area contributed by atoms with Crippen LogP contribution >= 0.6 is 0 Å². The molecular weight excluding hydrogens is 342 g/mol. The topological polar surface area (TPSA) is 106 Å². The second kappa shape index (κ2) is 6.50. The lowest BCUT2D eigenvalue weighted by Gasteiger charge is -2.29. The highest BCUT2D eigenvalue weighted by Crippen LogP contribution is 2.41. The molecule has 0 fully saturated rings. The van der Waals surface area contributed by atoms with Crippen LogP contribution < -0.4 is 15.9 Å². The fourth-order valence-corrected chi connectivity index (χ4v) is 3.45. The van der Waals surface area contributed by atoms with E-state index in [9.17, 15) is 10.1 Å². The van der Waals surface area contributed by atoms with Crippen molar-refractivity contribution in [3.8, 4) is 23.1 Å². The van der Waals surface area contributed by atoms with Crippen molar-refractivity contribution in [2.24, 2.45) is 5.92 Å². The molecule has 2 heterocycles. The molecule has 7 nitrogen and oxygen atoms in total. The van der Waals surface area contributed by atoms with E-state index < -0.39 is 17.7 Å². The summed E-state index contributed by atoms with van der Waals surface area (Å²) in [6.07, 6.45) is 0. The van der Waals surface area contributed by atoms with Gasteiger partial charge in [0.05, 0.1) is 30.5 Å². The molecule has 3 N–H and O–H groups in total. The normalized spacial score (nSPS) is 18.3. The van der Waals surface area contributed by atoms with E-state index in [4.69, 9.17) is 10.5 Å². The zero-order chi connectivity index (χ0) is 19.0. The van der Waals surface area contributed by atoms with Gasteiger partial charge >= 0.3 is 0 Å². The van der Waals surface area contributed by atoms with E-state index in [1.165, 1.54) is 4.68 Å². The molecule has 134 valence electrons. The number of nitriles is 1. The zero-order valence-electron chi connectivity index (χ0n) is 14.6. The maximum absolute atomic E-state index is 12.5. The molecule has 7 heteroatoms. The molecule has 1 aliphatic heterocycles. The number of nitrogen functional groups attached to an aromatic ring is 1. The van der Waals surface area contributed by atoms with Crippen LogP contribution in [0.4, 0.5) is 5.95 Å². The minimum absolute atomic E-state index is 0.173. The van der Waals surface area contributed by atoms with Gasteiger partial charge in [-0.05, 0) is 17.7 Å². The highest BCUT2D eigenvalue weighted by molar-refractivity contribution is 5.92. The van der Waals surface area contributed by atoms with Crippen molar-refractivity contribution in [2.45, 2.75) is 5.92 Å². The molecule has 1 amide bonds. The van der Waals surface area contributed by atoms with Gasteiger partial charge in [-0.3, -0.25) is 10.2 Å². The van der Waals surface area contributed by atoms with Crippen molar-refractivity contribution in [1.29, 1.82) is 5.26 Å². The van der Waals surface area contributed by atoms with Crippen LogP contribution in [0, 0.1) is 17.2 Å². The Kier molecular flexibility index (Phi) is 4.01. The Morgan fingerprint density at radius 2 is 1.89 bits per heavy atom. The first-order valence-electron chi connectivity index (χ1n) is 8.42. The Balaban J connectivity index is 1.95. The van der Waals surface area contributed by atoms with Gasteiger partial charge in [0.1, 0.15) is 11.7 Å². The van der Waals surface area contributed by atoms with Gasteiger partial charge < -0.3 is 10.5 Å². The lowest BCUT2D eigenvalue weighted by atomic mass is 9.81. The summed E-state index contributed by atoms with van der Waals surface area (Å²) in [6.45, 7) is 0. The van der Waals surface area contributed by atoms with Gasteiger partial charge in [0.25, 0.3) is 5.91 Å². The number of aromatic nitrogens is 2. The number of nitrogens with zero attached hydrogens (tertiary/aromatic N) is 3. The summed E-state index contributed by atoms with van der Waals surface area (Å²) in [5.41, 5.74) is 11.8. The first-order chi connectivity index (χ1) is 13.1. The largest absolute Gasteiger partial charge is 0.497 e. The Morgan fingerprint density at radius 1 is 1.19 bits per heavy atom. The van der Waals surface area contributed by atoms with E-state index in [-0.39, 0.29) is 5.95 Å². The molecule has 3 aromatic rings. The van der Waals surface area contributed by atoms with E-state index in [0.717, 1.165) is 11.1 Å². The molecule has 2 aromatic carbocycles. The molecule has 0 spiro atoms. The molecule has 2 atom stereocenters. The Labute approximate surface area is 156 Å². The maximum Gasteiger partial charge on any atom is 0.257 e.